The second-order valence-electron chi connectivity index (χ2n) is 5.81. The van der Waals surface area contributed by atoms with E-state index in [0.29, 0.717) is 5.76 Å². The summed E-state index contributed by atoms with van der Waals surface area (Å²) >= 11 is 0. The first-order chi connectivity index (χ1) is 13.6. The van der Waals surface area contributed by atoms with Crippen LogP contribution in [0.1, 0.15) is 5.76 Å². The highest BCUT2D eigenvalue weighted by molar-refractivity contribution is 7.93. The Morgan fingerprint density at radius 1 is 0.897 bits per heavy atom. The number of nitrogens with one attached hydrogen (secondary N) is 2. The number of rotatable bonds is 7. The highest BCUT2D eigenvalue weighted by Gasteiger charge is 2.19. The van der Waals surface area contributed by atoms with Gasteiger partial charge in [0.1, 0.15) is 5.76 Å². The molecule has 0 saturated carbocycles. The maximum Gasteiger partial charge on any atom is 0.269 e. The van der Waals surface area contributed by atoms with Gasteiger partial charge in [0.05, 0.1) is 14.7 Å². The van der Waals surface area contributed by atoms with E-state index >= 15 is 0 Å². The first-order valence-corrected chi connectivity index (χ1v) is 10.9. The molecule has 13 heteroatoms. The smallest absolute Gasteiger partial charge is 0.269 e. The van der Waals surface area contributed by atoms with Crippen LogP contribution < -0.4 is 9.44 Å². The lowest BCUT2D eigenvalue weighted by Gasteiger charge is -2.09. The number of hydrogen-bond acceptors (Lipinski definition) is 8. The maximum atomic E-state index is 12.4. The predicted octanol–water partition coefficient (Wildman–Crippen LogP) is 2.49. The minimum Gasteiger partial charge on any atom is -0.360 e. The van der Waals surface area contributed by atoms with Crippen molar-refractivity contribution in [1.29, 1.82) is 0 Å². The fraction of sp³-hybridized carbons (Fsp3) is 0.0625. The summed E-state index contributed by atoms with van der Waals surface area (Å²) in [5, 5.41) is 14.2. The topological polar surface area (TPSA) is 162 Å². The molecule has 2 N–H and O–H groups in total. The van der Waals surface area contributed by atoms with E-state index in [4.69, 9.17) is 4.52 Å². The van der Waals surface area contributed by atoms with Gasteiger partial charge in [-0.15, -0.1) is 0 Å². The molecule has 0 aliphatic heterocycles. The van der Waals surface area contributed by atoms with Crippen LogP contribution in [0, 0.1) is 17.0 Å². The number of aryl methyl sites for hydroxylation is 1. The summed E-state index contributed by atoms with van der Waals surface area (Å²) < 4.78 is 58.7. The quantitative estimate of drug-likeness (QED) is 0.420. The normalized spacial score (nSPS) is 11.8. The van der Waals surface area contributed by atoms with Crippen LogP contribution in [0.2, 0.25) is 0 Å². The molecule has 3 aromatic rings. The third kappa shape index (κ3) is 4.70. The zero-order valence-corrected chi connectivity index (χ0v) is 16.4. The highest BCUT2D eigenvalue weighted by atomic mass is 32.2. The van der Waals surface area contributed by atoms with E-state index in [1.54, 1.807) is 6.92 Å². The number of sulfonamides is 2. The Balaban J connectivity index is 1.76. The third-order valence-corrected chi connectivity index (χ3v) is 6.41. The lowest BCUT2D eigenvalue weighted by atomic mass is 10.3. The van der Waals surface area contributed by atoms with Crippen molar-refractivity contribution >= 4 is 37.2 Å². The van der Waals surface area contributed by atoms with Crippen molar-refractivity contribution in [1.82, 2.24) is 5.16 Å². The molecule has 29 heavy (non-hydrogen) atoms. The Labute approximate surface area is 165 Å². The van der Waals surface area contributed by atoms with Crippen LogP contribution in [0.25, 0.3) is 0 Å². The molecular formula is C16H14N4O7S2. The summed E-state index contributed by atoms with van der Waals surface area (Å²) in [6.45, 7) is 1.61. The molecular weight excluding hydrogens is 424 g/mol. The average molecular weight is 438 g/mol. The zero-order valence-electron chi connectivity index (χ0n) is 14.8. The monoisotopic (exact) mass is 438 g/mol. The number of non-ortho nitro benzene ring substituents is 1. The van der Waals surface area contributed by atoms with Crippen molar-refractivity contribution in [3.63, 3.8) is 0 Å². The summed E-state index contributed by atoms with van der Waals surface area (Å²) in [7, 11) is -7.95. The molecule has 0 unspecified atom stereocenters. The second-order valence-corrected chi connectivity index (χ2v) is 9.17. The molecule has 0 fully saturated rings. The van der Waals surface area contributed by atoms with Crippen molar-refractivity contribution in [3.8, 4) is 0 Å². The number of nitro benzene ring substituents is 1. The van der Waals surface area contributed by atoms with Crippen LogP contribution in [0.15, 0.2) is 68.9 Å². The predicted molar refractivity (Wildman–Crippen MR) is 102 cm³/mol. The fourth-order valence-corrected chi connectivity index (χ4v) is 4.32. The Morgan fingerprint density at radius 3 is 1.90 bits per heavy atom. The van der Waals surface area contributed by atoms with Gasteiger partial charge in [0.15, 0.2) is 5.82 Å². The van der Waals surface area contributed by atoms with Gasteiger partial charge >= 0.3 is 0 Å². The molecule has 3 rings (SSSR count). The molecule has 152 valence electrons. The fourth-order valence-electron chi connectivity index (χ4n) is 2.27. The second kappa shape index (κ2) is 7.52. The Bertz CT molecular complexity index is 1250. The van der Waals surface area contributed by atoms with Crippen LogP contribution in [-0.4, -0.2) is 26.9 Å². The van der Waals surface area contributed by atoms with Crippen molar-refractivity contribution in [2.24, 2.45) is 0 Å². The van der Waals surface area contributed by atoms with Gasteiger partial charge in [-0.05, 0) is 43.3 Å². The van der Waals surface area contributed by atoms with E-state index in [9.17, 15) is 26.9 Å². The zero-order chi connectivity index (χ0) is 21.2. The van der Waals surface area contributed by atoms with Gasteiger partial charge in [-0.25, -0.2) is 16.8 Å². The van der Waals surface area contributed by atoms with Crippen molar-refractivity contribution in [3.05, 3.63) is 70.5 Å². The van der Waals surface area contributed by atoms with E-state index < -0.39 is 25.0 Å². The SMILES string of the molecule is Cc1cc(NS(=O)(=O)c2ccc(NS(=O)(=O)c3ccc([N+](=O)[O-])cc3)cc2)no1. The Kier molecular flexibility index (Phi) is 5.26. The van der Waals surface area contributed by atoms with Crippen LogP contribution in [0.5, 0.6) is 0 Å². The molecule has 0 radical (unpaired) electrons. The van der Waals surface area contributed by atoms with Gasteiger partial charge in [0, 0.05) is 23.9 Å². The molecule has 0 atom stereocenters. The van der Waals surface area contributed by atoms with Crippen molar-refractivity contribution in [2.75, 3.05) is 9.44 Å². The summed E-state index contributed by atoms with van der Waals surface area (Å²) in [5.41, 5.74) is -0.132. The molecule has 1 aromatic heterocycles. The number of hydrogen-bond donors (Lipinski definition) is 2. The van der Waals surface area contributed by atoms with E-state index in [1.165, 1.54) is 30.3 Å². The van der Waals surface area contributed by atoms with Crippen LogP contribution >= 0.6 is 0 Å². The first-order valence-electron chi connectivity index (χ1n) is 7.90. The molecule has 11 nitrogen and oxygen atoms in total. The van der Waals surface area contributed by atoms with E-state index in [0.717, 1.165) is 24.3 Å². The number of aromatic nitrogens is 1. The molecule has 0 bridgehead atoms. The molecule has 0 aliphatic carbocycles. The van der Waals surface area contributed by atoms with Gasteiger partial charge in [0.2, 0.25) is 0 Å². The largest absolute Gasteiger partial charge is 0.360 e. The Hall–Kier alpha value is -3.45. The van der Waals surface area contributed by atoms with E-state index in [2.05, 4.69) is 14.6 Å². The summed E-state index contributed by atoms with van der Waals surface area (Å²) in [5.74, 6) is 0.448. The van der Waals surface area contributed by atoms with Gasteiger partial charge < -0.3 is 4.52 Å². The molecule has 0 aliphatic rings. The number of anilines is 2. The molecule has 0 amide bonds. The molecule has 0 spiro atoms. The Morgan fingerprint density at radius 2 is 1.41 bits per heavy atom. The number of nitro groups is 1. The van der Waals surface area contributed by atoms with Crippen molar-refractivity contribution < 1.29 is 26.3 Å². The van der Waals surface area contributed by atoms with Gasteiger partial charge in [-0.3, -0.25) is 19.6 Å². The van der Waals surface area contributed by atoms with Crippen molar-refractivity contribution in [2.45, 2.75) is 16.7 Å². The number of benzene rings is 2. The molecule has 2 aromatic carbocycles. The van der Waals surface area contributed by atoms with Crippen LogP contribution in [0.4, 0.5) is 17.2 Å². The van der Waals surface area contributed by atoms with Gasteiger partial charge in [-0.2, -0.15) is 0 Å². The summed E-state index contributed by atoms with van der Waals surface area (Å²) in [6.07, 6.45) is 0. The maximum absolute atomic E-state index is 12.4. The molecule has 1 heterocycles. The minimum atomic E-state index is -4.01. The molecule has 0 saturated heterocycles. The van der Waals surface area contributed by atoms with Gasteiger partial charge in [-0.1, -0.05) is 5.16 Å². The van der Waals surface area contributed by atoms with Gasteiger partial charge in [0.25, 0.3) is 25.7 Å². The lowest BCUT2D eigenvalue weighted by molar-refractivity contribution is -0.384. The third-order valence-electron chi connectivity index (χ3n) is 3.64. The summed E-state index contributed by atoms with van der Waals surface area (Å²) in [6, 6.07) is 10.7. The lowest BCUT2D eigenvalue weighted by Crippen LogP contribution is -2.14. The van der Waals surface area contributed by atoms with E-state index in [1.807, 2.05) is 0 Å². The minimum absolute atomic E-state index is 0.0189. The van der Waals surface area contributed by atoms with E-state index in [-0.39, 0.29) is 27.0 Å². The highest BCUT2D eigenvalue weighted by Crippen LogP contribution is 2.22. The van der Waals surface area contributed by atoms with Crippen LogP contribution in [0.3, 0.4) is 0 Å². The standard InChI is InChI=1S/C16H14N4O7S2/c1-11-10-16(17-27-11)19-29(25,26)14-6-2-12(3-7-14)18-28(23,24)15-8-4-13(5-9-15)20(21)22/h2-10,18H,1H3,(H,17,19). The number of nitrogens with zero attached hydrogens (tertiary/aromatic N) is 2. The summed E-state index contributed by atoms with van der Waals surface area (Å²) in [4.78, 5) is 9.73. The van der Waals surface area contributed by atoms with Crippen LogP contribution in [-0.2, 0) is 20.0 Å². The first kappa shape index (κ1) is 20.3. The average Bonchev–Trinajstić information content (AvgIpc) is 3.06.